The Morgan fingerprint density at radius 3 is 2.76 bits per heavy atom. The molecule has 116 valence electrons. The molecule has 0 aliphatic heterocycles. The Labute approximate surface area is 130 Å². The number of carbonyl (C=O) groups excluding carboxylic acids is 1. The number of aryl methyl sites for hydroxylation is 2. The van der Waals surface area contributed by atoms with Crippen molar-refractivity contribution in [2.24, 2.45) is 5.92 Å². The van der Waals surface area contributed by atoms with Gasteiger partial charge in [0.2, 0.25) is 0 Å². The zero-order chi connectivity index (χ0) is 14.7. The molecule has 1 fully saturated rings. The van der Waals surface area contributed by atoms with Gasteiger partial charge in [-0.2, -0.15) is 0 Å². The molecule has 0 saturated heterocycles. The molecule has 2 amide bonds. The third-order valence-corrected chi connectivity index (χ3v) is 5.74. The number of nitrogens with one attached hydrogen (secondary N) is 1. The number of amides is 2. The first kappa shape index (κ1) is 14.8. The van der Waals surface area contributed by atoms with Crippen molar-refractivity contribution in [2.45, 2.75) is 57.8 Å². The Kier molecular flexibility index (Phi) is 4.78. The molecule has 0 bridgehead atoms. The lowest BCUT2D eigenvalue weighted by Gasteiger charge is -2.26. The van der Waals surface area contributed by atoms with E-state index in [0.29, 0.717) is 5.92 Å². The smallest absolute Gasteiger partial charge is 0.323 e. The molecule has 0 spiro atoms. The molecule has 3 rings (SSSR count). The molecule has 1 aromatic rings. The van der Waals surface area contributed by atoms with Crippen molar-refractivity contribution in [1.29, 1.82) is 0 Å². The molecule has 0 aromatic carbocycles. The van der Waals surface area contributed by atoms with Gasteiger partial charge in [-0.15, -0.1) is 11.3 Å². The molecule has 4 nitrogen and oxygen atoms in total. The van der Waals surface area contributed by atoms with Gasteiger partial charge in [0.05, 0.1) is 5.69 Å². The van der Waals surface area contributed by atoms with Crippen LogP contribution < -0.4 is 5.32 Å². The normalized spacial score (nSPS) is 19.1. The first-order valence-electron chi connectivity index (χ1n) is 8.23. The Morgan fingerprint density at radius 2 is 2.00 bits per heavy atom. The van der Waals surface area contributed by atoms with Gasteiger partial charge in [0.25, 0.3) is 0 Å². The van der Waals surface area contributed by atoms with E-state index in [-0.39, 0.29) is 6.03 Å². The van der Waals surface area contributed by atoms with Crippen molar-refractivity contribution in [1.82, 2.24) is 9.88 Å². The average molecular weight is 307 g/mol. The van der Waals surface area contributed by atoms with Crippen LogP contribution in [0.3, 0.4) is 0 Å². The van der Waals surface area contributed by atoms with Crippen LogP contribution in [0.25, 0.3) is 0 Å². The second kappa shape index (κ2) is 6.77. The van der Waals surface area contributed by atoms with Crippen LogP contribution in [0.5, 0.6) is 0 Å². The van der Waals surface area contributed by atoms with E-state index < -0.39 is 0 Å². The van der Waals surface area contributed by atoms with Gasteiger partial charge in [0.15, 0.2) is 5.13 Å². The predicted octanol–water partition coefficient (Wildman–Crippen LogP) is 4.07. The first-order valence-corrected chi connectivity index (χ1v) is 9.04. The van der Waals surface area contributed by atoms with Crippen LogP contribution in [-0.4, -0.2) is 29.5 Å². The van der Waals surface area contributed by atoms with Crippen molar-refractivity contribution in [2.75, 3.05) is 18.9 Å². The van der Waals surface area contributed by atoms with Crippen molar-refractivity contribution in [3.63, 3.8) is 0 Å². The molecule has 0 atom stereocenters. The highest BCUT2D eigenvalue weighted by Gasteiger charge is 2.20. The van der Waals surface area contributed by atoms with E-state index >= 15 is 0 Å². The fourth-order valence-electron chi connectivity index (χ4n) is 3.43. The van der Waals surface area contributed by atoms with Crippen LogP contribution >= 0.6 is 11.3 Å². The number of fused-ring (bicyclic) bond motifs is 1. The van der Waals surface area contributed by atoms with Crippen LogP contribution in [0.4, 0.5) is 9.93 Å². The number of aromatic nitrogens is 1. The summed E-state index contributed by atoms with van der Waals surface area (Å²) in [4.78, 5) is 20.1. The monoisotopic (exact) mass is 307 g/mol. The highest BCUT2D eigenvalue weighted by Crippen LogP contribution is 2.30. The minimum atomic E-state index is -0.00771. The molecular weight excluding hydrogens is 282 g/mol. The lowest BCUT2D eigenvalue weighted by atomic mass is 9.89. The van der Waals surface area contributed by atoms with Crippen LogP contribution in [0.15, 0.2) is 0 Å². The maximum Gasteiger partial charge on any atom is 0.323 e. The Bertz CT molecular complexity index is 470. The summed E-state index contributed by atoms with van der Waals surface area (Å²) in [5.41, 5.74) is 1.21. The maximum atomic E-state index is 12.3. The number of hydrogen-bond donors (Lipinski definition) is 1. The zero-order valence-corrected chi connectivity index (χ0v) is 13.7. The van der Waals surface area contributed by atoms with Gasteiger partial charge in [-0.25, -0.2) is 9.78 Å². The van der Waals surface area contributed by atoms with Gasteiger partial charge in [-0.05, 0) is 44.4 Å². The fourth-order valence-corrected chi connectivity index (χ4v) is 4.47. The van der Waals surface area contributed by atoms with Crippen molar-refractivity contribution in [3.8, 4) is 0 Å². The lowest BCUT2D eigenvalue weighted by Crippen LogP contribution is -2.35. The molecule has 1 saturated carbocycles. The average Bonchev–Trinajstić information content (AvgIpc) is 2.90. The second-order valence-corrected chi connectivity index (χ2v) is 7.49. The quantitative estimate of drug-likeness (QED) is 0.915. The van der Waals surface area contributed by atoms with Gasteiger partial charge < -0.3 is 4.90 Å². The van der Waals surface area contributed by atoms with E-state index in [0.717, 1.165) is 24.5 Å². The molecule has 5 heteroatoms. The van der Waals surface area contributed by atoms with Gasteiger partial charge in [-0.1, -0.05) is 19.3 Å². The Hall–Kier alpha value is -1.10. The van der Waals surface area contributed by atoms with Crippen molar-refractivity contribution < 1.29 is 4.79 Å². The minimum Gasteiger partial charge on any atom is -0.327 e. The summed E-state index contributed by atoms with van der Waals surface area (Å²) >= 11 is 1.66. The molecule has 1 N–H and O–H groups in total. The van der Waals surface area contributed by atoms with Gasteiger partial charge in [0.1, 0.15) is 0 Å². The second-order valence-electron chi connectivity index (χ2n) is 6.41. The number of carbonyl (C=O) groups is 1. The number of nitrogens with zero attached hydrogens (tertiary/aromatic N) is 2. The van der Waals surface area contributed by atoms with Gasteiger partial charge in [0, 0.05) is 18.5 Å². The van der Waals surface area contributed by atoms with E-state index in [1.54, 1.807) is 11.3 Å². The maximum absolute atomic E-state index is 12.3. The SMILES string of the molecule is CN(CC1CCCCC1)C(=O)Nc1nc2c(s1)CCCC2. The summed E-state index contributed by atoms with van der Waals surface area (Å²) in [6, 6.07) is -0.00771. The van der Waals surface area contributed by atoms with Crippen molar-refractivity contribution in [3.05, 3.63) is 10.6 Å². The predicted molar refractivity (Wildman–Crippen MR) is 87.0 cm³/mol. The molecule has 0 unspecified atom stereocenters. The Morgan fingerprint density at radius 1 is 1.24 bits per heavy atom. The number of anilines is 1. The largest absolute Gasteiger partial charge is 0.327 e. The molecule has 1 heterocycles. The van der Waals surface area contributed by atoms with Crippen molar-refractivity contribution >= 4 is 22.5 Å². The molecule has 1 aromatic heterocycles. The van der Waals surface area contributed by atoms with Gasteiger partial charge in [-0.3, -0.25) is 5.32 Å². The van der Waals surface area contributed by atoms with Gasteiger partial charge >= 0.3 is 6.03 Å². The summed E-state index contributed by atoms with van der Waals surface area (Å²) in [5, 5.41) is 3.76. The van der Waals surface area contributed by atoms with E-state index in [9.17, 15) is 4.79 Å². The number of hydrogen-bond acceptors (Lipinski definition) is 3. The van der Waals surface area contributed by atoms with Crippen LogP contribution in [0, 0.1) is 5.92 Å². The first-order chi connectivity index (χ1) is 10.2. The third-order valence-electron chi connectivity index (χ3n) is 4.66. The molecule has 0 radical (unpaired) electrons. The standard InChI is InChI=1S/C16H25N3OS/c1-19(11-12-7-3-2-4-8-12)16(20)18-15-17-13-9-5-6-10-14(13)21-15/h12H,2-11H2,1H3,(H,17,18,20). The summed E-state index contributed by atoms with van der Waals surface area (Å²) in [7, 11) is 1.90. The summed E-state index contributed by atoms with van der Waals surface area (Å²) < 4.78 is 0. The molecule has 2 aliphatic rings. The summed E-state index contributed by atoms with van der Waals surface area (Å²) in [6.45, 7) is 0.872. The fraction of sp³-hybridized carbons (Fsp3) is 0.750. The molecule has 2 aliphatic carbocycles. The highest BCUT2D eigenvalue weighted by molar-refractivity contribution is 7.15. The highest BCUT2D eigenvalue weighted by atomic mass is 32.1. The summed E-state index contributed by atoms with van der Waals surface area (Å²) in [5.74, 6) is 0.680. The lowest BCUT2D eigenvalue weighted by molar-refractivity contribution is 0.205. The number of urea groups is 1. The molecule has 21 heavy (non-hydrogen) atoms. The topological polar surface area (TPSA) is 45.2 Å². The van der Waals surface area contributed by atoms with E-state index in [4.69, 9.17) is 0 Å². The van der Waals surface area contributed by atoms with Crippen LogP contribution in [0.1, 0.15) is 55.5 Å². The van der Waals surface area contributed by atoms with Crippen LogP contribution in [-0.2, 0) is 12.8 Å². The minimum absolute atomic E-state index is 0.00771. The molecular formula is C16H25N3OS. The number of rotatable bonds is 3. The van der Waals surface area contributed by atoms with E-state index in [2.05, 4.69) is 10.3 Å². The zero-order valence-electron chi connectivity index (χ0n) is 12.9. The Balaban J connectivity index is 1.53. The van der Waals surface area contributed by atoms with Crippen LogP contribution in [0.2, 0.25) is 0 Å². The number of thiazole rings is 1. The van der Waals surface area contributed by atoms with E-state index in [1.807, 2.05) is 11.9 Å². The summed E-state index contributed by atoms with van der Waals surface area (Å²) in [6.07, 6.45) is 11.2. The van der Waals surface area contributed by atoms with E-state index in [1.165, 1.54) is 55.5 Å². The third kappa shape index (κ3) is 3.76.